The Bertz CT molecular complexity index is 4100. The molecule has 0 N–H and O–H groups in total. The number of aromatic nitrogens is 2. The first-order valence-corrected chi connectivity index (χ1v) is 23.1. The number of halogens is 9. The van der Waals surface area contributed by atoms with E-state index in [1.54, 1.807) is 57.2 Å². The molecule has 0 spiro atoms. The molecular formula is C61H38F9N3. The van der Waals surface area contributed by atoms with Crippen molar-refractivity contribution in [1.29, 1.82) is 0 Å². The van der Waals surface area contributed by atoms with Gasteiger partial charge in [-0.3, -0.25) is 0 Å². The van der Waals surface area contributed by atoms with Gasteiger partial charge in [0.25, 0.3) is 0 Å². The minimum atomic E-state index is -4.58. The van der Waals surface area contributed by atoms with Gasteiger partial charge in [-0.15, -0.1) is 0 Å². The Labute approximate surface area is 412 Å². The number of aryl methyl sites for hydroxylation is 3. The van der Waals surface area contributed by atoms with E-state index in [0.717, 1.165) is 69.0 Å². The van der Waals surface area contributed by atoms with Gasteiger partial charge in [-0.1, -0.05) is 84.9 Å². The molecule has 12 heteroatoms. The van der Waals surface area contributed by atoms with Crippen LogP contribution in [0, 0.1) is 27.3 Å². The van der Waals surface area contributed by atoms with Gasteiger partial charge in [-0.2, -0.15) is 39.5 Å². The predicted molar refractivity (Wildman–Crippen MR) is 272 cm³/mol. The minimum Gasteiger partial charge on any atom is -0.310 e. The van der Waals surface area contributed by atoms with E-state index in [4.69, 9.17) is 6.57 Å². The van der Waals surface area contributed by atoms with E-state index in [-0.39, 0.29) is 5.69 Å². The summed E-state index contributed by atoms with van der Waals surface area (Å²) in [5.41, 5.74) is 7.31. The second kappa shape index (κ2) is 17.1. The topological polar surface area (TPSA) is 14.2 Å². The van der Waals surface area contributed by atoms with Gasteiger partial charge in [0.2, 0.25) is 0 Å². The number of rotatable bonds is 6. The molecule has 0 radical (unpaired) electrons. The molecule has 11 rings (SSSR count). The molecule has 11 aromatic rings. The highest BCUT2D eigenvalue weighted by molar-refractivity contribution is 6.13. The molecule has 0 amide bonds. The molecule has 2 heterocycles. The summed E-state index contributed by atoms with van der Waals surface area (Å²) >= 11 is 0. The highest BCUT2D eigenvalue weighted by Gasteiger charge is 2.33. The molecule has 9 aromatic carbocycles. The van der Waals surface area contributed by atoms with Crippen LogP contribution >= 0.6 is 0 Å². The Hall–Kier alpha value is -8.56. The van der Waals surface area contributed by atoms with Gasteiger partial charge in [0.1, 0.15) is 0 Å². The van der Waals surface area contributed by atoms with E-state index in [9.17, 15) is 39.5 Å². The number of benzene rings is 9. The fourth-order valence-corrected chi connectivity index (χ4v) is 10.4. The molecule has 73 heavy (non-hydrogen) atoms. The van der Waals surface area contributed by atoms with E-state index < -0.39 is 35.2 Å². The smallest absolute Gasteiger partial charge is 0.310 e. The van der Waals surface area contributed by atoms with Crippen molar-refractivity contribution in [2.75, 3.05) is 0 Å². The van der Waals surface area contributed by atoms with E-state index in [2.05, 4.69) is 4.85 Å². The summed E-state index contributed by atoms with van der Waals surface area (Å²) in [5.74, 6) is 0. The monoisotopic (exact) mass is 983 g/mol. The maximum atomic E-state index is 14.1. The highest BCUT2D eigenvalue weighted by Crippen LogP contribution is 2.48. The van der Waals surface area contributed by atoms with Gasteiger partial charge in [0, 0.05) is 32.8 Å². The third-order valence-corrected chi connectivity index (χ3v) is 13.6. The van der Waals surface area contributed by atoms with Crippen LogP contribution in [0.4, 0.5) is 45.2 Å². The lowest BCUT2D eigenvalue weighted by Crippen LogP contribution is -2.05. The highest BCUT2D eigenvalue weighted by atomic mass is 19.4. The number of para-hydroxylation sites is 2. The molecular weight excluding hydrogens is 946 g/mol. The van der Waals surface area contributed by atoms with Crippen molar-refractivity contribution in [3.63, 3.8) is 0 Å². The van der Waals surface area contributed by atoms with Gasteiger partial charge in [0.05, 0.1) is 51.0 Å². The molecule has 360 valence electrons. The molecule has 0 aliphatic carbocycles. The zero-order valence-electron chi connectivity index (χ0n) is 39.0. The van der Waals surface area contributed by atoms with Gasteiger partial charge < -0.3 is 9.13 Å². The predicted octanol–water partition coefficient (Wildman–Crippen LogP) is 19.1. The molecule has 0 saturated heterocycles. The summed E-state index contributed by atoms with van der Waals surface area (Å²) in [4.78, 5) is 4.08. The maximum absolute atomic E-state index is 14.1. The van der Waals surface area contributed by atoms with Crippen molar-refractivity contribution in [2.45, 2.75) is 39.3 Å². The van der Waals surface area contributed by atoms with E-state index in [1.165, 1.54) is 6.07 Å². The van der Waals surface area contributed by atoms with Crippen molar-refractivity contribution in [1.82, 2.24) is 9.13 Å². The first-order valence-electron chi connectivity index (χ1n) is 23.1. The quantitative estimate of drug-likeness (QED) is 0.116. The normalized spacial score (nSPS) is 12.4. The Balaban J connectivity index is 1.19. The Morgan fingerprint density at radius 2 is 0.863 bits per heavy atom. The summed E-state index contributed by atoms with van der Waals surface area (Å²) in [6, 6.07) is 48.6. The molecule has 0 atom stereocenters. The van der Waals surface area contributed by atoms with Crippen LogP contribution in [0.25, 0.3) is 104 Å². The lowest BCUT2D eigenvalue weighted by Gasteiger charge is -2.21. The average molecular weight is 984 g/mol. The van der Waals surface area contributed by atoms with Crippen LogP contribution in [-0.4, -0.2) is 9.13 Å². The number of fused-ring (bicyclic) bond motifs is 6. The first kappa shape index (κ1) is 46.8. The van der Waals surface area contributed by atoms with Gasteiger partial charge in [0.15, 0.2) is 5.69 Å². The largest absolute Gasteiger partial charge is 0.416 e. The fourth-order valence-electron chi connectivity index (χ4n) is 10.4. The lowest BCUT2D eigenvalue weighted by molar-refractivity contribution is -0.138. The van der Waals surface area contributed by atoms with Gasteiger partial charge in [-0.05, 0) is 167 Å². The molecule has 2 aromatic heterocycles. The van der Waals surface area contributed by atoms with Crippen molar-refractivity contribution < 1.29 is 39.5 Å². The van der Waals surface area contributed by atoms with Gasteiger partial charge >= 0.3 is 18.5 Å². The number of hydrogen-bond donors (Lipinski definition) is 0. The van der Waals surface area contributed by atoms with Crippen LogP contribution in [-0.2, 0) is 18.5 Å². The number of alkyl halides is 9. The Kier molecular flexibility index (Phi) is 10.9. The van der Waals surface area contributed by atoms with Crippen LogP contribution in [0.5, 0.6) is 0 Å². The van der Waals surface area contributed by atoms with Crippen LogP contribution < -0.4 is 0 Å². The number of nitrogens with zero attached hydrogens (tertiary/aromatic N) is 3. The van der Waals surface area contributed by atoms with Crippen LogP contribution in [0.3, 0.4) is 0 Å². The SMILES string of the molecule is [C-]#[N+]c1cccc(-n2c3ccccc3c3cc(-c4cc(C)cc(C(F)(F)F)c4)ccc32)c1-c1cc(-c2ccc(C(F)(F)F)cc2C)ccc1-n1c2ccccc2c2cc(-c3cc(C)cc(C(F)(F)F)c3)ccc21. The minimum absolute atomic E-state index is 0.255. The summed E-state index contributed by atoms with van der Waals surface area (Å²) in [5, 5.41) is 3.07. The average Bonchev–Trinajstić information content (AvgIpc) is 3.87. The first-order chi connectivity index (χ1) is 34.8. The third-order valence-electron chi connectivity index (χ3n) is 13.6. The standard InChI is InChI=1S/C61H38F9N3/c1-34-24-40(29-43(26-34)60(65,66)67)37-16-21-54-48(31-37)46-10-5-7-13-52(46)72(54)56-23-18-39(45-20-19-42(28-36(45)3)59(62,63)64)33-50(56)58-51(71-4)12-9-15-57(58)73-53-14-8-6-11-47(53)49-32-38(17-22-55(49)73)41-25-35(2)27-44(30-41)61(68,69)70/h5-33H,1-3H3. The van der Waals surface area contributed by atoms with Crippen molar-refractivity contribution in [2.24, 2.45) is 0 Å². The number of hydrogen-bond acceptors (Lipinski definition) is 0. The van der Waals surface area contributed by atoms with E-state index in [0.29, 0.717) is 83.6 Å². The second-order valence-corrected chi connectivity index (χ2v) is 18.4. The summed E-state index contributed by atoms with van der Waals surface area (Å²) in [7, 11) is 0. The molecule has 0 fully saturated rings. The summed E-state index contributed by atoms with van der Waals surface area (Å²) in [6.07, 6.45) is -13.7. The molecule has 0 aliphatic heterocycles. The third kappa shape index (κ3) is 8.15. The molecule has 0 saturated carbocycles. The van der Waals surface area contributed by atoms with E-state index >= 15 is 0 Å². The molecule has 0 aliphatic rings. The van der Waals surface area contributed by atoms with Crippen LogP contribution in [0.15, 0.2) is 176 Å². The Morgan fingerprint density at radius 1 is 0.370 bits per heavy atom. The van der Waals surface area contributed by atoms with Crippen molar-refractivity contribution in [3.8, 4) is 55.9 Å². The van der Waals surface area contributed by atoms with Crippen molar-refractivity contribution >= 4 is 49.3 Å². The van der Waals surface area contributed by atoms with Crippen molar-refractivity contribution in [3.05, 3.63) is 221 Å². The second-order valence-electron chi connectivity index (χ2n) is 18.4. The molecule has 3 nitrogen and oxygen atoms in total. The van der Waals surface area contributed by atoms with E-state index in [1.807, 2.05) is 106 Å². The lowest BCUT2D eigenvalue weighted by atomic mass is 9.92. The molecule has 0 unspecified atom stereocenters. The zero-order valence-corrected chi connectivity index (χ0v) is 39.0. The van der Waals surface area contributed by atoms with Crippen LogP contribution in [0.1, 0.15) is 33.4 Å². The van der Waals surface area contributed by atoms with Crippen LogP contribution in [0.2, 0.25) is 0 Å². The summed E-state index contributed by atoms with van der Waals surface area (Å²) < 4.78 is 131. The fraction of sp³-hybridized carbons (Fsp3) is 0.0984. The zero-order chi connectivity index (χ0) is 51.3. The Morgan fingerprint density at radius 3 is 1.37 bits per heavy atom. The molecule has 0 bridgehead atoms. The summed E-state index contributed by atoms with van der Waals surface area (Å²) in [6.45, 7) is 13.5. The maximum Gasteiger partial charge on any atom is 0.416 e. The van der Waals surface area contributed by atoms with Gasteiger partial charge in [-0.25, -0.2) is 4.85 Å².